The van der Waals surface area contributed by atoms with Gasteiger partial charge < -0.3 is 10.2 Å². The van der Waals surface area contributed by atoms with Crippen LogP contribution >= 0.6 is 11.3 Å². The number of rotatable bonds is 5. The largest absolute Gasteiger partial charge is 0.363 e. The minimum Gasteiger partial charge on any atom is -0.363 e. The Bertz CT molecular complexity index is 577. The topological polar surface area (TPSA) is 41.1 Å². The highest BCUT2D eigenvalue weighted by atomic mass is 32.1. The lowest BCUT2D eigenvalue weighted by molar-refractivity contribution is 0.875. The molecule has 2 heterocycles. The van der Waals surface area contributed by atoms with E-state index in [1.165, 1.54) is 15.3 Å². The van der Waals surface area contributed by atoms with Crippen LogP contribution in [-0.4, -0.2) is 24.1 Å². The molecule has 0 fully saturated rings. The van der Waals surface area contributed by atoms with E-state index < -0.39 is 0 Å². The summed E-state index contributed by atoms with van der Waals surface area (Å²) < 4.78 is 0. The summed E-state index contributed by atoms with van der Waals surface area (Å²) in [6, 6.07) is 4.38. The van der Waals surface area contributed by atoms with Crippen molar-refractivity contribution in [3.05, 3.63) is 33.6 Å². The Morgan fingerprint density at radius 1 is 1.40 bits per heavy atom. The number of thiophene rings is 1. The van der Waals surface area contributed by atoms with Crippen molar-refractivity contribution < 1.29 is 0 Å². The van der Waals surface area contributed by atoms with Crippen LogP contribution in [0, 0.1) is 6.92 Å². The van der Waals surface area contributed by atoms with Crippen molar-refractivity contribution in [1.82, 2.24) is 9.97 Å². The average Bonchev–Trinajstić information content (AvgIpc) is 2.80. The Morgan fingerprint density at radius 3 is 2.75 bits per heavy atom. The van der Waals surface area contributed by atoms with Gasteiger partial charge in [-0.15, -0.1) is 11.3 Å². The van der Waals surface area contributed by atoms with Gasteiger partial charge in [0.05, 0.1) is 6.04 Å². The van der Waals surface area contributed by atoms with Crippen LogP contribution < -0.4 is 10.2 Å². The fraction of sp³-hybridized carbons (Fsp3) is 0.467. The molecule has 1 N–H and O–H groups in total. The summed E-state index contributed by atoms with van der Waals surface area (Å²) in [5, 5.41) is 3.38. The van der Waals surface area contributed by atoms with E-state index in [2.05, 4.69) is 42.1 Å². The van der Waals surface area contributed by atoms with Gasteiger partial charge in [0.2, 0.25) is 5.95 Å². The molecule has 0 spiro atoms. The van der Waals surface area contributed by atoms with Gasteiger partial charge in [0.1, 0.15) is 5.82 Å². The summed E-state index contributed by atoms with van der Waals surface area (Å²) in [5.41, 5.74) is 1.38. The van der Waals surface area contributed by atoms with Gasteiger partial charge >= 0.3 is 0 Å². The van der Waals surface area contributed by atoms with Crippen LogP contribution in [0.3, 0.4) is 0 Å². The second-order valence-electron chi connectivity index (χ2n) is 5.11. The maximum atomic E-state index is 4.50. The lowest BCUT2D eigenvalue weighted by Crippen LogP contribution is -2.13. The number of aryl methyl sites for hydroxylation is 2. The SMILES string of the molecule is CCc1sc(C(C)Nc2nccc(N(C)C)n2)cc1C. The van der Waals surface area contributed by atoms with Gasteiger partial charge in [-0.2, -0.15) is 4.98 Å². The molecule has 108 valence electrons. The van der Waals surface area contributed by atoms with Crippen LogP contribution in [0.5, 0.6) is 0 Å². The highest BCUT2D eigenvalue weighted by Crippen LogP contribution is 2.29. The predicted octanol–water partition coefficient (Wildman–Crippen LogP) is 3.65. The first kappa shape index (κ1) is 14.8. The molecule has 0 saturated carbocycles. The summed E-state index contributed by atoms with van der Waals surface area (Å²) >= 11 is 1.87. The van der Waals surface area contributed by atoms with Gasteiger partial charge in [-0.05, 0) is 38.0 Å². The number of nitrogens with one attached hydrogen (secondary N) is 1. The van der Waals surface area contributed by atoms with Crippen molar-refractivity contribution in [2.24, 2.45) is 0 Å². The molecule has 0 aliphatic carbocycles. The summed E-state index contributed by atoms with van der Waals surface area (Å²) in [6.45, 7) is 6.52. The Balaban J connectivity index is 2.14. The minimum atomic E-state index is 0.219. The second-order valence-corrected chi connectivity index (χ2v) is 6.28. The first-order valence-corrected chi connectivity index (χ1v) is 7.69. The third kappa shape index (κ3) is 3.28. The van der Waals surface area contributed by atoms with Crippen molar-refractivity contribution in [3.8, 4) is 0 Å². The predicted molar refractivity (Wildman–Crippen MR) is 86.8 cm³/mol. The van der Waals surface area contributed by atoms with Crippen LogP contribution in [0.2, 0.25) is 0 Å². The summed E-state index contributed by atoms with van der Waals surface area (Å²) in [6.07, 6.45) is 2.88. The highest BCUT2D eigenvalue weighted by molar-refractivity contribution is 7.12. The van der Waals surface area contributed by atoms with E-state index >= 15 is 0 Å². The zero-order valence-corrected chi connectivity index (χ0v) is 13.6. The molecular weight excluding hydrogens is 268 g/mol. The van der Waals surface area contributed by atoms with Gasteiger partial charge in [-0.1, -0.05) is 6.92 Å². The van der Waals surface area contributed by atoms with Crippen LogP contribution in [-0.2, 0) is 6.42 Å². The van der Waals surface area contributed by atoms with Crippen LogP contribution in [0.4, 0.5) is 11.8 Å². The molecule has 1 unspecified atom stereocenters. The quantitative estimate of drug-likeness (QED) is 0.912. The fourth-order valence-electron chi connectivity index (χ4n) is 2.04. The Morgan fingerprint density at radius 2 is 2.15 bits per heavy atom. The third-order valence-electron chi connectivity index (χ3n) is 3.23. The van der Waals surface area contributed by atoms with E-state index in [4.69, 9.17) is 0 Å². The monoisotopic (exact) mass is 290 g/mol. The zero-order valence-electron chi connectivity index (χ0n) is 12.8. The molecule has 2 aromatic rings. The van der Waals surface area contributed by atoms with Gasteiger partial charge in [0.15, 0.2) is 0 Å². The normalized spacial score (nSPS) is 12.2. The van der Waals surface area contributed by atoms with Crippen molar-refractivity contribution in [3.63, 3.8) is 0 Å². The molecule has 20 heavy (non-hydrogen) atoms. The van der Waals surface area contributed by atoms with Gasteiger partial charge in [0, 0.05) is 30.0 Å². The molecule has 2 aromatic heterocycles. The Labute approximate surface area is 124 Å². The van der Waals surface area contributed by atoms with Gasteiger partial charge in [-0.25, -0.2) is 4.98 Å². The number of hydrogen-bond acceptors (Lipinski definition) is 5. The molecule has 1 atom stereocenters. The summed E-state index contributed by atoms with van der Waals surface area (Å²) in [4.78, 5) is 13.5. The molecular formula is C15H22N4S. The van der Waals surface area contributed by atoms with E-state index in [0.717, 1.165) is 12.2 Å². The summed E-state index contributed by atoms with van der Waals surface area (Å²) in [5.74, 6) is 1.58. The maximum Gasteiger partial charge on any atom is 0.225 e. The first-order chi connectivity index (χ1) is 9.51. The van der Waals surface area contributed by atoms with E-state index in [1.807, 2.05) is 36.4 Å². The second kappa shape index (κ2) is 6.22. The molecule has 0 bridgehead atoms. The standard InChI is InChI=1S/C15H22N4S/c1-6-12-10(2)9-13(20-12)11(3)17-15-16-8-7-14(18-15)19(4)5/h7-9,11H,6H2,1-5H3,(H,16,17,18). The maximum absolute atomic E-state index is 4.50. The van der Waals surface area contributed by atoms with E-state index in [1.54, 1.807) is 6.20 Å². The van der Waals surface area contributed by atoms with Gasteiger partial charge in [-0.3, -0.25) is 0 Å². The summed E-state index contributed by atoms with van der Waals surface area (Å²) in [7, 11) is 3.96. The molecule has 2 rings (SSSR count). The lowest BCUT2D eigenvalue weighted by atomic mass is 10.2. The number of aromatic nitrogens is 2. The third-order valence-corrected chi connectivity index (χ3v) is 4.80. The number of hydrogen-bond donors (Lipinski definition) is 1. The van der Waals surface area contributed by atoms with Crippen molar-refractivity contribution in [2.45, 2.75) is 33.2 Å². The van der Waals surface area contributed by atoms with E-state index in [0.29, 0.717) is 5.95 Å². The molecule has 0 aromatic carbocycles. The molecule has 0 saturated heterocycles. The van der Waals surface area contributed by atoms with Crippen molar-refractivity contribution in [2.75, 3.05) is 24.3 Å². The number of anilines is 2. The zero-order chi connectivity index (χ0) is 14.7. The molecule has 5 heteroatoms. The van der Waals surface area contributed by atoms with Crippen molar-refractivity contribution in [1.29, 1.82) is 0 Å². The van der Waals surface area contributed by atoms with Crippen LogP contribution in [0.1, 0.15) is 35.2 Å². The Hall–Kier alpha value is -1.62. The van der Waals surface area contributed by atoms with E-state index in [9.17, 15) is 0 Å². The lowest BCUT2D eigenvalue weighted by Gasteiger charge is -2.15. The van der Waals surface area contributed by atoms with Crippen LogP contribution in [0.25, 0.3) is 0 Å². The molecule has 0 amide bonds. The van der Waals surface area contributed by atoms with Crippen LogP contribution in [0.15, 0.2) is 18.3 Å². The molecule has 0 radical (unpaired) electrons. The number of nitrogens with zero attached hydrogens (tertiary/aromatic N) is 3. The van der Waals surface area contributed by atoms with Gasteiger partial charge in [0.25, 0.3) is 0 Å². The smallest absolute Gasteiger partial charge is 0.225 e. The first-order valence-electron chi connectivity index (χ1n) is 6.87. The van der Waals surface area contributed by atoms with Crippen molar-refractivity contribution >= 4 is 23.1 Å². The minimum absolute atomic E-state index is 0.219. The molecule has 0 aliphatic rings. The van der Waals surface area contributed by atoms with E-state index in [-0.39, 0.29) is 6.04 Å². The molecule has 4 nitrogen and oxygen atoms in total. The fourth-order valence-corrected chi connectivity index (χ4v) is 3.16. The Kier molecular flexibility index (Phi) is 4.60. The average molecular weight is 290 g/mol. The molecule has 0 aliphatic heterocycles. The highest BCUT2D eigenvalue weighted by Gasteiger charge is 2.12.